The van der Waals surface area contributed by atoms with E-state index in [-0.39, 0.29) is 0 Å². The van der Waals surface area contributed by atoms with Gasteiger partial charge in [-0.25, -0.2) is 4.59 Å². The molecular formula is C8H17N2+. The summed E-state index contributed by atoms with van der Waals surface area (Å²) in [5, 5.41) is 2.51. The van der Waals surface area contributed by atoms with Crippen LogP contribution in [-0.4, -0.2) is 42.8 Å². The lowest BCUT2D eigenvalue weighted by atomic mass is 10.2. The van der Waals surface area contributed by atoms with E-state index in [1.54, 1.807) is 0 Å². The third-order valence-electron chi connectivity index (χ3n) is 3.61. The van der Waals surface area contributed by atoms with Gasteiger partial charge in [-0.2, -0.15) is 5.01 Å². The number of hydrogen-bond acceptors (Lipinski definition) is 1. The van der Waals surface area contributed by atoms with Crippen molar-refractivity contribution in [1.29, 1.82) is 0 Å². The average Bonchev–Trinajstić information content (AvgIpc) is 2.37. The first-order valence-corrected chi connectivity index (χ1v) is 4.19. The van der Waals surface area contributed by atoms with Gasteiger partial charge in [0.1, 0.15) is 6.04 Å². The molecule has 0 amide bonds. The minimum atomic E-state index is 0.889. The number of nitrogens with zero attached hydrogens (tertiary/aromatic N) is 2. The summed E-state index contributed by atoms with van der Waals surface area (Å²) in [6, 6.07) is 1.81. The maximum absolute atomic E-state index is 2.51. The van der Waals surface area contributed by atoms with Crippen molar-refractivity contribution in [2.45, 2.75) is 31.3 Å². The topological polar surface area (TPSA) is 3.24 Å². The zero-order valence-corrected chi connectivity index (χ0v) is 7.17. The second kappa shape index (κ2) is 1.74. The second-order valence-electron chi connectivity index (χ2n) is 4.17. The first-order valence-electron chi connectivity index (χ1n) is 4.19. The highest BCUT2D eigenvalue weighted by Gasteiger charge is 2.50. The molecule has 0 N–H and O–H groups in total. The molecule has 2 atom stereocenters. The highest BCUT2D eigenvalue weighted by molar-refractivity contribution is 4.84. The van der Waals surface area contributed by atoms with Crippen LogP contribution in [0, 0.1) is 0 Å². The number of fused-ring (bicyclic) bond motifs is 2. The van der Waals surface area contributed by atoms with Crippen LogP contribution in [0.4, 0.5) is 0 Å². The van der Waals surface area contributed by atoms with E-state index in [1.165, 1.54) is 19.3 Å². The molecule has 0 radical (unpaired) electrons. The molecule has 1 saturated heterocycles. The van der Waals surface area contributed by atoms with E-state index in [4.69, 9.17) is 0 Å². The molecular weight excluding hydrogens is 124 g/mol. The normalized spacial score (nSPS) is 44.7. The van der Waals surface area contributed by atoms with Crippen molar-refractivity contribution in [3.8, 4) is 0 Å². The fraction of sp³-hybridized carbons (Fsp3) is 1.00. The van der Waals surface area contributed by atoms with Gasteiger partial charge in [0.2, 0.25) is 0 Å². The van der Waals surface area contributed by atoms with Crippen molar-refractivity contribution in [2.75, 3.05) is 21.1 Å². The van der Waals surface area contributed by atoms with E-state index in [0.29, 0.717) is 0 Å². The number of hydrogen-bond donors (Lipinski definition) is 0. The highest BCUT2D eigenvalue weighted by Crippen LogP contribution is 2.39. The average molecular weight is 141 g/mol. The summed E-state index contributed by atoms with van der Waals surface area (Å²) in [5.41, 5.74) is 0. The Morgan fingerprint density at radius 2 is 2.00 bits per heavy atom. The van der Waals surface area contributed by atoms with E-state index in [2.05, 4.69) is 26.2 Å². The van der Waals surface area contributed by atoms with Gasteiger partial charge in [0.25, 0.3) is 0 Å². The van der Waals surface area contributed by atoms with Crippen LogP contribution in [0.25, 0.3) is 0 Å². The van der Waals surface area contributed by atoms with Crippen LogP contribution in [0.1, 0.15) is 19.3 Å². The maximum atomic E-state index is 2.51. The molecule has 2 nitrogen and oxygen atoms in total. The van der Waals surface area contributed by atoms with Crippen molar-refractivity contribution in [3.63, 3.8) is 0 Å². The molecule has 0 aromatic rings. The fourth-order valence-electron chi connectivity index (χ4n) is 2.53. The first-order chi connectivity index (χ1) is 4.62. The van der Waals surface area contributed by atoms with Crippen LogP contribution >= 0.6 is 0 Å². The predicted molar refractivity (Wildman–Crippen MR) is 41.3 cm³/mol. The van der Waals surface area contributed by atoms with E-state index >= 15 is 0 Å². The van der Waals surface area contributed by atoms with E-state index in [0.717, 1.165) is 16.7 Å². The molecule has 0 aromatic carbocycles. The van der Waals surface area contributed by atoms with Gasteiger partial charge < -0.3 is 0 Å². The highest BCUT2D eigenvalue weighted by atomic mass is 15.8. The van der Waals surface area contributed by atoms with E-state index in [1.807, 2.05) is 0 Å². The number of quaternary nitrogens is 1. The maximum Gasteiger partial charge on any atom is 0.108 e. The molecule has 2 heteroatoms. The molecule has 2 aliphatic rings. The molecule has 2 rings (SSSR count). The molecule has 10 heavy (non-hydrogen) atoms. The van der Waals surface area contributed by atoms with Gasteiger partial charge >= 0.3 is 0 Å². The van der Waals surface area contributed by atoms with Gasteiger partial charge in [0.15, 0.2) is 0 Å². The van der Waals surface area contributed by atoms with Crippen molar-refractivity contribution < 1.29 is 4.59 Å². The Hall–Kier alpha value is -0.0800. The van der Waals surface area contributed by atoms with Gasteiger partial charge in [-0.15, -0.1) is 0 Å². The minimum absolute atomic E-state index is 0.889. The van der Waals surface area contributed by atoms with Gasteiger partial charge in [-0.05, 0) is 6.42 Å². The SMILES string of the molecule is CN1C2CCC(C2)[N+]1(C)C. The molecule has 58 valence electrons. The summed E-state index contributed by atoms with van der Waals surface area (Å²) in [4.78, 5) is 0. The molecule has 0 aromatic heterocycles. The summed E-state index contributed by atoms with van der Waals surface area (Å²) < 4.78 is 1.13. The Bertz CT molecular complexity index is 149. The van der Waals surface area contributed by atoms with Crippen LogP contribution in [0.15, 0.2) is 0 Å². The molecule has 0 spiro atoms. The summed E-state index contributed by atoms with van der Waals surface area (Å²) in [6.45, 7) is 0. The van der Waals surface area contributed by atoms with Crippen LogP contribution in [0.3, 0.4) is 0 Å². The second-order valence-corrected chi connectivity index (χ2v) is 4.17. The summed E-state index contributed by atoms with van der Waals surface area (Å²) >= 11 is 0. The van der Waals surface area contributed by atoms with Crippen molar-refractivity contribution in [1.82, 2.24) is 5.01 Å². The molecule has 1 aliphatic heterocycles. The summed E-state index contributed by atoms with van der Waals surface area (Å²) in [5.74, 6) is 0. The third-order valence-corrected chi connectivity index (χ3v) is 3.61. The van der Waals surface area contributed by atoms with Gasteiger partial charge in [0, 0.05) is 19.9 Å². The Kier molecular flexibility index (Phi) is 1.15. The Balaban J connectivity index is 2.25. The van der Waals surface area contributed by atoms with Crippen LogP contribution in [0.5, 0.6) is 0 Å². The number of rotatable bonds is 0. The lowest BCUT2D eigenvalue weighted by molar-refractivity contribution is -1.01. The lowest BCUT2D eigenvalue weighted by Crippen LogP contribution is -2.56. The van der Waals surface area contributed by atoms with E-state index < -0.39 is 0 Å². The largest absolute Gasteiger partial charge is 0.246 e. The smallest absolute Gasteiger partial charge is 0.108 e. The zero-order valence-electron chi connectivity index (χ0n) is 7.17. The Morgan fingerprint density at radius 1 is 1.30 bits per heavy atom. The first kappa shape index (κ1) is 6.62. The van der Waals surface area contributed by atoms with Crippen LogP contribution in [-0.2, 0) is 0 Å². The quantitative estimate of drug-likeness (QED) is 0.452. The van der Waals surface area contributed by atoms with Crippen molar-refractivity contribution in [2.24, 2.45) is 0 Å². The predicted octanol–water partition coefficient (Wildman–Crippen LogP) is 0.844. The van der Waals surface area contributed by atoms with Crippen molar-refractivity contribution >= 4 is 0 Å². The molecule has 2 bridgehead atoms. The van der Waals surface area contributed by atoms with Gasteiger partial charge in [-0.3, -0.25) is 0 Å². The van der Waals surface area contributed by atoms with Crippen LogP contribution in [0.2, 0.25) is 0 Å². The minimum Gasteiger partial charge on any atom is -0.246 e. The summed E-state index contributed by atoms with van der Waals surface area (Å²) in [6.07, 6.45) is 4.31. The van der Waals surface area contributed by atoms with Gasteiger partial charge in [-0.1, -0.05) is 0 Å². The molecule has 2 fully saturated rings. The van der Waals surface area contributed by atoms with Crippen molar-refractivity contribution in [3.05, 3.63) is 0 Å². The molecule has 2 unspecified atom stereocenters. The third kappa shape index (κ3) is 0.611. The summed E-state index contributed by atoms with van der Waals surface area (Å²) in [7, 11) is 6.90. The van der Waals surface area contributed by atoms with Crippen LogP contribution < -0.4 is 0 Å². The molecule has 1 heterocycles. The monoisotopic (exact) mass is 141 g/mol. The zero-order chi connectivity index (χ0) is 7.35. The molecule has 1 saturated carbocycles. The van der Waals surface area contributed by atoms with Gasteiger partial charge in [0.05, 0.1) is 20.1 Å². The fourth-order valence-corrected chi connectivity index (χ4v) is 2.53. The van der Waals surface area contributed by atoms with E-state index in [9.17, 15) is 0 Å². The lowest BCUT2D eigenvalue weighted by Gasteiger charge is -2.40. The Morgan fingerprint density at radius 3 is 2.30 bits per heavy atom. The standard InChI is InChI=1S/C8H17N2/c1-9-7-4-5-8(6-7)10(9,2)3/h7-8H,4-6H2,1-3H3/q+1. The Labute approximate surface area is 63.0 Å². The molecule has 1 aliphatic carbocycles.